The van der Waals surface area contributed by atoms with Crippen molar-refractivity contribution in [2.75, 3.05) is 17.1 Å². The number of halogens is 2. The number of benzene rings is 2. The maximum absolute atomic E-state index is 13.4. The van der Waals surface area contributed by atoms with Crippen LogP contribution in [0.15, 0.2) is 48.5 Å². The number of rotatable bonds is 9. The van der Waals surface area contributed by atoms with E-state index in [2.05, 4.69) is 5.32 Å². The summed E-state index contributed by atoms with van der Waals surface area (Å²) in [4.78, 5) is 27.4. The zero-order valence-electron chi connectivity index (χ0n) is 18.4. The average Bonchev–Trinajstić information content (AvgIpc) is 2.69. The first kappa shape index (κ1) is 26.0. The van der Waals surface area contributed by atoms with Gasteiger partial charge in [-0.3, -0.25) is 13.9 Å². The molecule has 1 N–H and O–H groups in total. The normalized spacial score (nSPS) is 12.3. The van der Waals surface area contributed by atoms with Gasteiger partial charge in [0.05, 0.1) is 11.9 Å². The number of sulfonamides is 1. The minimum absolute atomic E-state index is 0.0400. The van der Waals surface area contributed by atoms with E-state index in [4.69, 9.17) is 23.2 Å². The van der Waals surface area contributed by atoms with E-state index < -0.39 is 28.5 Å². The van der Waals surface area contributed by atoms with Crippen molar-refractivity contribution in [1.29, 1.82) is 0 Å². The van der Waals surface area contributed by atoms with E-state index in [0.717, 1.165) is 10.6 Å². The summed E-state index contributed by atoms with van der Waals surface area (Å²) in [5.41, 5.74) is 0.894. The molecular formula is C22H27Cl2N3O4S. The second-order valence-electron chi connectivity index (χ2n) is 7.70. The molecule has 0 aliphatic carbocycles. The van der Waals surface area contributed by atoms with Crippen LogP contribution < -0.4 is 9.62 Å². The molecule has 2 amide bonds. The molecule has 2 aromatic carbocycles. The lowest BCUT2D eigenvalue weighted by Crippen LogP contribution is -2.52. The van der Waals surface area contributed by atoms with Crippen molar-refractivity contribution in [3.05, 3.63) is 64.1 Å². The molecule has 0 aliphatic rings. The number of carbonyl (C=O) groups is 2. The Kier molecular flexibility index (Phi) is 8.95. The third-order valence-corrected chi connectivity index (χ3v) is 6.42. The van der Waals surface area contributed by atoms with E-state index in [-0.39, 0.29) is 24.2 Å². The first-order chi connectivity index (χ1) is 14.9. The molecule has 2 rings (SSSR count). The third-order valence-electron chi connectivity index (χ3n) is 4.67. The summed E-state index contributed by atoms with van der Waals surface area (Å²) in [5, 5.41) is 3.56. The summed E-state index contributed by atoms with van der Waals surface area (Å²) in [6.45, 7) is 4.77. The Morgan fingerprint density at radius 1 is 1.03 bits per heavy atom. The molecule has 2 aromatic rings. The molecule has 0 bridgehead atoms. The van der Waals surface area contributed by atoms with E-state index >= 15 is 0 Å². The summed E-state index contributed by atoms with van der Waals surface area (Å²) in [6.07, 6.45) is 1.01. The van der Waals surface area contributed by atoms with E-state index in [1.54, 1.807) is 49.4 Å². The molecule has 0 spiro atoms. The van der Waals surface area contributed by atoms with Crippen LogP contribution in [-0.2, 0) is 26.2 Å². The second kappa shape index (κ2) is 11.0. The first-order valence-electron chi connectivity index (χ1n) is 9.96. The van der Waals surface area contributed by atoms with Gasteiger partial charge in [0.25, 0.3) is 0 Å². The molecular weight excluding hydrogens is 473 g/mol. The Morgan fingerprint density at radius 3 is 2.25 bits per heavy atom. The highest BCUT2D eigenvalue weighted by molar-refractivity contribution is 7.92. The van der Waals surface area contributed by atoms with Crippen LogP contribution in [0.1, 0.15) is 26.3 Å². The Hall–Kier alpha value is -2.29. The number of carbonyl (C=O) groups excluding carboxylic acids is 2. The van der Waals surface area contributed by atoms with Gasteiger partial charge in [0.2, 0.25) is 21.8 Å². The molecule has 0 fully saturated rings. The van der Waals surface area contributed by atoms with Crippen molar-refractivity contribution in [2.24, 2.45) is 0 Å². The highest BCUT2D eigenvalue weighted by atomic mass is 35.5. The van der Waals surface area contributed by atoms with Crippen LogP contribution in [0.25, 0.3) is 0 Å². The van der Waals surface area contributed by atoms with Gasteiger partial charge < -0.3 is 10.2 Å². The molecule has 174 valence electrons. The SMILES string of the molecule is CC(C)NC(=O)[C@H](C)N(Cc1ccccc1Cl)C(=O)CN(c1cccc(Cl)c1)S(C)(=O)=O. The molecule has 32 heavy (non-hydrogen) atoms. The van der Waals surface area contributed by atoms with Crippen molar-refractivity contribution in [2.45, 2.75) is 39.4 Å². The first-order valence-corrected chi connectivity index (χ1v) is 12.6. The fourth-order valence-corrected chi connectivity index (χ4v) is 4.26. The standard InChI is InChI=1S/C22H27Cl2N3O4S/c1-15(2)25-22(29)16(3)26(13-17-8-5-6-11-20(17)24)21(28)14-27(32(4,30)31)19-10-7-9-18(23)12-19/h5-12,15-16H,13-14H2,1-4H3,(H,25,29)/t16-/m0/s1. The van der Waals surface area contributed by atoms with E-state index in [9.17, 15) is 18.0 Å². The summed E-state index contributed by atoms with van der Waals surface area (Å²) < 4.78 is 25.9. The minimum Gasteiger partial charge on any atom is -0.352 e. The highest BCUT2D eigenvalue weighted by Gasteiger charge is 2.30. The van der Waals surface area contributed by atoms with E-state index in [0.29, 0.717) is 15.6 Å². The Labute approximate surface area is 199 Å². The van der Waals surface area contributed by atoms with Gasteiger partial charge in [0, 0.05) is 22.6 Å². The second-order valence-corrected chi connectivity index (χ2v) is 10.5. The largest absolute Gasteiger partial charge is 0.352 e. The van der Waals surface area contributed by atoms with Crippen LogP contribution >= 0.6 is 23.2 Å². The van der Waals surface area contributed by atoms with Crippen LogP contribution in [0.2, 0.25) is 10.0 Å². The predicted octanol–water partition coefficient (Wildman–Crippen LogP) is 3.70. The molecule has 0 saturated carbocycles. The van der Waals surface area contributed by atoms with Crippen LogP contribution in [-0.4, -0.2) is 50.0 Å². The molecule has 0 aromatic heterocycles. The maximum atomic E-state index is 13.4. The monoisotopic (exact) mass is 499 g/mol. The van der Waals surface area contributed by atoms with Gasteiger partial charge in [0.15, 0.2) is 0 Å². The number of nitrogens with one attached hydrogen (secondary N) is 1. The number of hydrogen-bond acceptors (Lipinski definition) is 4. The molecule has 0 unspecified atom stereocenters. The van der Waals surface area contributed by atoms with E-state index in [1.165, 1.54) is 11.0 Å². The van der Waals surface area contributed by atoms with Crippen molar-refractivity contribution >= 4 is 50.7 Å². The average molecular weight is 500 g/mol. The van der Waals surface area contributed by atoms with Crippen molar-refractivity contribution in [1.82, 2.24) is 10.2 Å². The lowest BCUT2D eigenvalue weighted by atomic mass is 10.1. The molecule has 10 heteroatoms. The molecule has 0 radical (unpaired) electrons. The van der Waals surface area contributed by atoms with Crippen LogP contribution in [0, 0.1) is 0 Å². The lowest BCUT2D eigenvalue weighted by Gasteiger charge is -2.32. The van der Waals surface area contributed by atoms with E-state index in [1.807, 2.05) is 13.8 Å². The van der Waals surface area contributed by atoms with Gasteiger partial charge >= 0.3 is 0 Å². The zero-order valence-corrected chi connectivity index (χ0v) is 20.7. The molecule has 1 atom stereocenters. The smallest absolute Gasteiger partial charge is 0.244 e. The van der Waals surface area contributed by atoms with Gasteiger partial charge in [-0.15, -0.1) is 0 Å². The van der Waals surface area contributed by atoms with Crippen LogP contribution in [0.5, 0.6) is 0 Å². The van der Waals surface area contributed by atoms with Crippen LogP contribution in [0.4, 0.5) is 5.69 Å². The lowest BCUT2D eigenvalue weighted by molar-refractivity contribution is -0.139. The molecule has 7 nitrogen and oxygen atoms in total. The van der Waals surface area contributed by atoms with Crippen molar-refractivity contribution in [3.63, 3.8) is 0 Å². The fraction of sp³-hybridized carbons (Fsp3) is 0.364. The van der Waals surface area contributed by atoms with Crippen molar-refractivity contribution in [3.8, 4) is 0 Å². The summed E-state index contributed by atoms with van der Waals surface area (Å²) in [5.74, 6) is -0.907. The topological polar surface area (TPSA) is 86.8 Å². The van der Waals surface area contributed by atoms with Gasteiger partial charge in [-0.2, -0.15) is 0 Å². The summed E-state index contributed by atoms with van der Waals surface area (Å²) >= 11 is 12.3. The predicted molar refractivity (Wildman–Crippen MR) is 128 cm³/mol. The Bertz CT molecular complexity index is 1080. The summed E-state index contributed by atoms with van der Waals surface area (Å²) in [6, 6.07) is 12.2. The van der Waals surface area contributed by atoms with Crippen LogP contribution in [0.3, 0.4) is 0 Å². The van der Waals surface area contributed by atoms with Gasteiger partial charge in [0.1, 0.15) is 12.6 Å². The molecule has 0 saturated heterocycles. The third kappa shape index (κ3) is 7.12. The van der Waals surface area contributed by atoms with Gasteiger partial charge in [-0.1, -0.05) is 47.5 Å². The Balaban J connectivity index is 2.40. The molecule has 0 aliphatic heterocycles. The van der Waals surface area contributed by atoms with Gasteiger partial charge in [-0.25, -0.2) is 8.42 Å². The number of hydrogen-bond donors (Lipinski definition) is 1. The molecule has 0 heterocycles. The highest BCUT2D eigenvalue weighted by Crippen LogP contribution is 2.23. The minimum atomic E-state index is -3.81. The quantitative estimate of drug-likeness (QED) is 0.569. The number of anilines is 1. The zero-order chi connectivity index (χ0) is 24.1. The van der Waals surface area contributed by atoms with Crippen molar-refractivity contribution < 1.29 is 18.0 Å². The number of nitrogens with zero attached hydrogens (tertiary/aromatic N) is 2. The maximum Gasteiger partial charge on any atom is 0.244 e. The fourth-order valence-electron chi connectivity index (χ4n) is 3.04. The Morgan fingerprint density at radius 2 is 1.69 bits per heavy atom. The summed E-state index contributed by atoms with van der Waals surface area (Å²) in [7, 11) is -3.81. The van der Waals surface area contributed by atoms with Gasteiger partial charge in [-0.05, 0) is 50.6 Å². The number of amides is 2.